The highest BCUT2D eigenvalue weighted by atomic mass is 32.2. The van der Waals surface area contributed by atoms with Gasteiger partial charge in [0.2, 0.25) is 5.95 Å². The van der Waals surface area contributed by atoms with Gasteiger partial charge in [-0.2, -0.15) is 4.99 Å². The largest absolute Gasteiger partial charge is 0.481 e. The van der Waals surface area contributed by atoms with Crippen LogP contribution in [0.25, 0.3) is 5.65 Å². The lowest BCUT2D eigenvalue weighted by Gasteiger charge is -2.07. The minimum absolute atomic E-state index is 0.00310. The minimum Gasteiger partial charge on any atom is -0.481 e. The van der Waals surface area contributed by atoms with Crippen LogP contribution in [-0.2, 0) is 11.2 Å². The third kappa shape index (κ3) is 4.09. The lowest BCUT2D eigenvalue weighted by atomic mass is 10.2. The number of rotatable bonds is 5. The zero-order valence-corrected chi connectivity index (χ0v) is 15.4. The Morgan fingerprint density at radius 1 is 1.44 bits per heavy atom. The second-order valence-corrected chi connectivity index (χ2v) is 7.40. The van der Waals surface area contributed by atoms with E-state index in [-0.39, 0.29) is 6.42 Å². The van der Waals surface area contributed by atoms with E-state index in [0.717, 1.165) is 33.4 Å². The third-order valence-corrected chi connectivity index (χ3v) is 4.93. The lowest BCUT2D eigenvalue weighted by Crippen LogP contribution is -2.29. The first-order valence-electron chi connectivity index (χ1n) is 8.48. The van der Waals surface area contributed by atoms with Gasteiger partial charge in [0.05, 0.1) is 6.42 Å². The molecule has 1 aliphatic rings. The fourth-order valence-electron chi connectivity index (χ4n) is 2.82. The van der Waals surface area contributed by atoms with E-state index in [1.54, 1.807) is 12.3 Å². The van der Waals surface area contributed by atoms with Gasteiger partial charge in [-0.15, -0.1) is 0 Å². The molecule has 3 N–H and O–H groups in total. The van der Waals surface area contributed by atoms with Gasteiger partial charge in [0.25, 0.3) is 0 Å². The van der Waals surface area contributed by atoms with Crippen molar-refractivity contribution in [1.82, 2.24) is 25.2 Å². The van der Waals surface area contributed by atoms with Crippen molar-refractivity contribution in [3.05, 3.63) is 48.3 Å². The molecule has 1 atom stereocenters. The number of hydrogen-bond donors (Lipinski definition) is 3. The molecule has 1 fully saturated rings. The summed E-state index contributed by atoms with van der Waals surface area (Å²) in [4.78, 5) is 25.5. The van der Waals surface area contributed by atoms with Gasteiger partial charge in [-0.25, -0.2) is 15.4 Å². The fourth-order valence-corrected chi connectivity index (χ4v) is 3.71. The number of benzene rings is 1. The average molecular weight is 382 g/mol. The number of nitrogens with zero attached hydrogens (tertiary/aromatic N) is 4. The molecule has 1 aliphatic heterocycles. The van der Waals surface area contributed by atoms with Gasteiger partial charge in [-0.05, 0) is 24.6 Å². The van der Waals surface area contributed by atoms with Crippen LogP contribution in [0.3, 0.4) is 0 Å². The van der Waals surface area contributed by atoms with Crippen molar-refractivity contribution in [3.63, 3.8) is 0 Å². The molecule has 2 aromatic heterocycles. The first kappa shape index (κ1) is 17.5. The summed E-state index contributed by atoms with van der Waals surface area (Å²) in [5, 5.41) is 9.73. The van der Waals surface area contributed by atoms with Crippen molar-refractivity contribution in [2.45, 2.75) is 35.7 Å². The smallest absolute Gasteiger partial charge is 0.307 e. The number of carbonyl (C=O) groups is 1. The Morgan fingerprint density at radius 2 is 2.33 bits per heavy atom. The Bertz CT molecular complexity index is 1030. The number of aliphatic carboxylic acids is 1. The highest BCUT2D eigenvalue weighted by Gasteiger charge is 2.16. The molecule has 0 saturated carbocycles. The van der Waals surface area contributed by atoms with Gasteiger partial charge >= 0.3 is 5.97 Å². The molecule has 0 spiro atoms. The van der Waals surface area contributed by atoms with Crippen LogP contribution in [0, 0.1) is 0 Å². The molecular formula is C18H18N6O2S. The van der Waals surface area contributed by atoms with E-state index in [1.807, 2.05) is 34.9 Å². The number of carboxylic acid groups (broad SMARTS) is 1. The molecule has 138 valence electrons. The number of fused-ring (bicyclic) bond motifs is 1. The highest BCUT2D eigenvalue weighted by Crippen LogP contribution is 2.29. The first-order valence-corrected chi connectivity index (χ1v) is 9.30. The molecule has 1 unspecified atom stereocenters. The van der Waals surface area contributed by atoms with Crippen molar-refractivity contribution in [2.24, 2.45) is 4.99 Å². The van der Waals surface area contributed by atoms with Crippen molar-refractivity contribution < 1.29 is 9.90 Å². The Kier molecular flexibility index (Phi) is 4.78. The molecule has 27 heavy (non-hydrogen) atoms. The molecule has 1 aromatic carbocycles. The molecular weight excluding hydrogens is 364 g/mol. The second kappa shape index (κ2) is 7.37. The maximum atomic E-state index is 10.9. The summed E-state index contributed by atoms with van der Waals surface area (Å²) < 4.78 is 1.84. The number of aromatic nitrogens is 3. The lowest BCUT2D eigenvalue weighted by molar-refractivity contribution is -0.136. The zero-order valence-electron chi connectivity index (χ0n) is 14.6. The number of hydrazine groups is 1. The van der Waals surface area contributed by atoms with E-state index in [9.17, 15) is 4.79 Å². The van der Waals surface area contributed by atoms with E-state index in [1.165, 1.54) is 11.8 Å². The summed E-state index contributed by atoms with van der Waals surface area (Å²) in [5.74, 6) is 0.530. The van der Waals surface area contributed by atoms with Crippen LogP contribution in [0.1, 0.15) is 18.9 Å². The maximum Gasteiger partial charge on any atom is 0.307 e. The number of amidine groups is 1. The first-order chi connectivity index (χ1) is 13.1. The van der Waals surface area contributed by atoms with Gasteiger partial charge in [0, 0.05) is 35.8 Å². The molecule has 8 nitrogen and oxygen atoms in total. The van der Waals surface area contributed by atoms with E-state index in [0.29, 0.717) is 12.0 Å². The predicted molar refractivity (Wildman–Crippen MR) is 102 cm³/mol. The van der Waals surface area contributed by atoms with Gasteiger partial charge in [-0.1, -0.05) is 23.9 Å². The van der Waals surface area contributed by atoms with Crippen LogP contribution in [0.5, 0.6) is 0 Å². The van der Waals surface area contributed by atoms with Gasteiger partial charge in [-0.3, -0.25) is 9.20 Å². The molecule has 1 saturated heterocycles. The SMILES string of the molecule is CC1CC(=Nc2nc(Sc3cccc(CC(=O)O)c3)cc3nccn23)NN1. The fraction of sp³-hybridized carbons (Fsp3) is 0.222. The Hall–Kier alpha value is -2.91. The average Bonchev–Trinajstić information content (AvgIpc) is 3.23. The van der Waals surface area contributed by atoms with Crippen LogP contribution < -0.4 is 10.9 Å². The number of nitrogens with one attached hydrogen (secondary N) is 2. The molecule has 0 bridgehead atoms. The summed E-state index contributed by atoms with van der Waals surface area (Å²) >= 11 is 1.46. The van der Waals surface area contributed by atoms with E-state index >= 15 is 0 Å². The summed E-state index contributed by atoms with van der Waals surface area (Å²) in [6, 6.07) is 9.67. The van der Waals surface area contributed by atoms with Gasteiger partial charge in [0.1, 0.15) is 16.5 Å². The summed E-state index contributed by atoms with van der Waals surface area (Å²) in [5.41, 5.74) is 7.70. The molecule has 0 aliphatic carbocycles. The number of imidazole rings is 1. The number of carboxylic acids is 1. The highest BCUT2D eigenvalue weighted by molar-refractivity contribution is 7.99. The topological polar surface area (TPSA) is 104 Å². The molecule has 3 aromatic rings. The predicted octanol–water partition coefficient (Wildman–Crippen LogP) is 2.42. The van der Waals surface area contributed by atoms with Crippen molar-refractivity contribution >= 4 is 35.2 Å². The Balaban J connectivity index is 1.66. The van der Waals surface area contributed by atoms with E-state index in [4.69, 9.17) is 5.11 Å². The number of hydrogen-bond acceptors (Lipinski definition) is 6. The molecule has 3 heterocycles. The molecule has 9 heteroatoms. The monoisotopic (exact) mass is 382 g/mol. The Morgan fingerprint density at radius 3 is 3.11 bits per heavy atom. The Labute approximate surface area is 159 Å². The standard InChI is InChI=1S/C18H18N6O2S/c1-11-7-14(23-22-11)20-18-21-16(10-15-19-5-6-24(15)18)27-13-4-2-3-12(8-13)9-17(25)26/h2-6,8,10-11,22H,7,9H2,1H3,(H,25,26)(H,20,21,23). The van der Waals surface area contributed by atoms with Crippen molar-refractivity contribution in [3.8, 4) is 0 Å². The molecule has 4 rings (SSSR count). The van der Waals surface area contributed by atoms with Crippen molar-refractivity contribution in [2.75, 3.05) is 0 Å². The maximum absolute atomic E-state index is 10.9. The normalized spacial score (nSPS) is 18.1. The van der Waals surface area contributed by atoms with Crippen LogP contribution in [-0.4, -0.2) is 37.3 Å². The summed E-state index contributed by atoms with van der Waals surface area (Å²) in [6.45, 7) is 2.08. The van der Waals surface area contributed by atoms with E-state index < -0.39 is 5.97 Å². The molecule has 0 amide bonds. The minimum atomic E-state index is -0.848. The zero-order chi connectivity index (χ0) is 18.8. The van der Waals surface area contributed by atoms with E-state index in [2.05, 4.69) is 32.7 Å². The van der Waals surface area contributed by atoms with Crippen LogP contribution in [0.4, 0.5) is 5.95 Å². The molecule has 0 radical (unpaired) electrons. The summed E-state index contributed by atoms with van der Waals surface area (Å²) in [6.07, 6.45) is 4.34. The van der Waals surface area contributed by atoms with Crippen LogP contribution >= 0.6 is 11.8 Å². The van der Waals surface area contributed by atoms with Gasteiger partial charge < -0.3 is 10.5 Å². The van der Waals surface area contributed by atoms with Crippen LogP contribution in [0.15, 0.2) is 57.6 Å². The van der Waals surface area contributed by atoms with Gasteiger partial charge in [0.15, 0.2) is 0 Å². The van der Waals surface area contributed by atoms with Crippen molar-refractivity contribution in [1.29, 1.82) is 0 Å². The second-order valence-electron chi connectivity index (χ2n) is 6.30. The van der Waals surface area contributed by atoms with Crippen LogP contribution in [0.2, 0.25) is 0 Å². The summed E-state index contributed by atoms with van der Waals surface area (Å²) in [7, 11) is 0. The quantitative estimate of drug-likeness (QED) is 0.582. The third-order valence-electron chi connectivity index (χ3n) is 4.02. The number of aliphatic imine (C=N–C) groups is 1.